The first kappa shape index (κ1) is 21.1. The molecule has 2 amide bonds. The van der Waals surface area contributed by atoms with Gasteiger partial charge in [-0.3, -0.25) is 9.59 Å². The number of hydrogen-bond acceptors (Lipinski definition) is 5. The van der Waals surface area contributed by atoms with Crippen LogP contribution in [-0.2, 0) is 26.0 Å². The normalized spacial score (nSPS) is 11.4. The number of nitrogens with one attached hydrogen (secondary N) is 2. The van der Waals surface area contributed by atoms with Crippen LogP contribution < -0.4 is 15.8 Å². The maximum atomic E-state index is 11.7. The Bertz CT molecular complexity index is 672. The van der Waals surface area contributed by atoms with Crippen molar-refractivity contribution in [2.75, 3.05) is 33.7 Å². The second-order valence-electron chi connectivity index (χ2n) is 5.97. The van der Waals surface area contributed by atoms with Gasteiger partial charge in [0.15, 0.2) is 0 Å². The highest BCUT2D eigenvalue weighted by Gasteiger charge is 2.09. The van der Waals surface area contributed by atoms with Gasteiger partial charge in [0.25, 0.3) is 0 Å². The van der Waals surface area contributed by atoms with Gasteiger partial charge < -0.3 is 15.5 Å². The van der Waals surface area contributed by atoms with Crippen LogP contribution in [0.2, 0.25) is 0 Å². The highest BCUT2D eigenvalue weighted by atomic mass is 32.2. The Morgan fingerprint density at radius 2 is 1.60 bits per heavy atom. The van der Waals surface area contributed by atoms with E-state index in [1.165, 1.54) is 12.1 Å². The van der Waals surface area contributed by atoms with E-state index in [1.807, 2.05) is 19.0 Å². The van der Waals surface area contributed by atoms with Gasteiger partial charge in [-0.05, 0) is 51.2 Å². The third kappa shape index (κ3) is 9.18. The first-order chi connectivity index (χ1) is 11.7. The number of nitrogens with two attached hydrogens (primary N) is 1. The summed E-state index contributed by atoms with van der Waals surface area (Å²) < 4.78 is 22.3. The summed E-state index contributed by atoms with van der Waals surface area (Å²) in [6.07, 6.45) is 1.16. The van der Waals surface area contributed by atoms with E-state index in [1.54, 1.807) is 12.1 Å². The van der Waals surface area contributed by atoms with Crippen LogP contribution in [-0.4, -0.2) is 58.9 Å². The quantitative estimate of drug-likeness (QED) is 0.377. The van der Waals surface area contributed by atoms with Crippen molar-refractivity contribution in [1.82, 2.24) is 15.5 Å². The molecule has 0 saturated heterocycles. The summed E-state index contributed by atoms with van der Waals surface area (Å²) in [4.78, 5) is 25.4. The average Bonchev–Trinajstić information content (AvgIpc) is 2.51. The smallest absolute Gasteiger partial charge is 0.238 e. The van der Waals surface area contributed by atoms with Gasteiger partial charge in [-0.1, -0.05) is 12.1 Å². The minimum Gasteiger partial charge on any atom is -0.356 e. The van der Waals surface area contributed by atoms with Crippen LogP contribution in [0.15, 0.2) is 29.2 Å². The van der Waals surface area contributed by atoms with Crippen LogP contribution in [0.3, 0.4) is 0 Å². The van der Waals surface area contributed by atoms with Crippen LogP contribution in [0.5, 0.6) is 0 Å². The monoisotopic (exact) mass is 370 g/mol. The number of rotatable bonds is 10. The number of benzene rings is 1. The number of hydrogen-bond donors (Lipinski definition) is 3. The highest BCUT2D eigenvalue weighted by molar-refractivity contribution is 7.89. The lowest BCUT2D eigenvalue weighted by molar-refractivity contribution is -0.129. The van der Waals surface area contributed by atoms with Crippen molar-refractivity contribution in [2.24, 2.45) is 5.14 Å². The number of carbonyl (C=O) groups is 2. The van der Waals surface area contributed by atoms with Crippen molar-refractivity contribution >= 4 is 21.8 Å². The molecular formula is C16H26N4O4S. The molecule has 8 nitrogen and oxygen atoms in total. The molecule has 0 unspecified atom stereocenters. The zero-order valence-electron chi connectivity index (χ0n) is 14.6. The Labute approximate surface area is 148 Å². The molecule has 0 radical (unpaired) electrons. The number of nitrogens with zero attached hydrogens (tertiary/aromatic N) is 1. The Hall–Kier alpha value is -1.97. The van der Waals surface area contributed by atoms with Crippen LogP contribution in [0, 0.1) is 0 Å². The lowest BCUT2D eigenvalue weighted by Crippen LogP contribution is -2.34. The summed E-state index contributed by atoms with van der Waals surface area (Å²) in [5, 5.41) is 10.4. The molecule has 25 heavy (non-hydrogen) atoms. The molecule has 9 heteroatoms. The maximum Gasteiger partial charge on any atom is 0.238 e. The summed E-state index contributed by atoms with van der Waals surface area (Å²) in [5.74, 6) is -0.639. The summed E-state index contributed by atoms with van der Waals surface area (Å²) in [6.45, 7) is 1.78. The highest BCUT2D eigenvalue weighted by Crippen LogP contribution is 2.08. The Morgan fingerprint density at radius 1 is 1.04 bits per heavy atom. The molecule has 0 saturated carbocycles. The van der Waals surface area contributed by atoms with Crippen LogP contribution in [0.1, 0.15) is 18.4 Å². The first-order valence-corrected chi connectivity index (χ1v) is 9.53. The van der Waals surface area contributed by atoms with Crippen LogP contribution in [0.25, 0.3) is 0 Å². The summed E-state index contributed by atoms with van der Waals surface area (Å²) in [7, 11) is 0.214. The summed E-state index contributed by atoms with van der Waals surface area (Å²) in [5.41, 5.74) is 0.862. The van der Waals surface area contributed by atoms with Gasteiger partial charge in [-0.2, -0.15) is 0 Å². The number of amides is 2. The zero-order chi connectivity index (χ0) is 18.9. The summed E-state index contributed by atoms with van der Waals surface area (Å²) >= 11 is 0. The molecule has 0 aromatic heterocycles. The van der Waals surface area contributed by atoms with E-state index in [-0.39, 0.29) is 23.1 Å². The number of primary sulfonamides is 1. The van der Waals surface area contributed by atoms with Crippen molar-refractivity contribution in [3.05, 3.63) is 29.8 Å². The van der Waals surface area contributed by atoms with E-state index in [0.29, 0.717) is 19.5 Å². The first-order valence-electron chi connectivity index (χ1n) is 7.98. The lowest BCUT2D eigenvalue weighted by atomic mass is 10.1. The fourth-order valence-corrected chi connectivity index (χ4v) is 2.60. The van der Waals surface area contributed by atoms with Crippen molar-refractivity contribution in [1.29, 1.82) is 0 Å². The topological polar surface area (TPSA) is 122 Å². The molecule has 0 atom stereocenters. The Balaban J connectivity index is 2.25. The molecule has 0 fully saturated rings. The molecule has 4 N–H and O–H groups in total. The van der Waals surface area contributed by atoms with Gasteiger partial charge >= 0.3 is 0 Å². The molecule has 0 aliphatic carbocycles. The van der Waals surface area contributed by atoms with E-state index < -0.39 is 10.0 Å². The van der Waals surface area contributed by atoms with Crippen molar-refractivity contribution in [3.8, 4) is 0 Å². The fourth-order valence-electron chi connectivity index (χ4n) is 2.09. The molecular weight excluding hydrogens is 344 g/mol. The van der Waals surface area contributed by atoms with Gasteiger partial charge in [0.05, 0.1) is 4.90 Å². The standard InChI is InChI=1S/C16H26N4O4S/c1-20(2)11-3-9-18-15(21)12-16(22)19-10-8-13-4-6-14(7-5-13)25(17,23)24/h4-7H,3,8-12H2,1-2H3,(H,18,21)(H,19,22)(H2,17,23,24). The molecule has 1 rings (SSSR count). The second-order valence-corrected chi connectivity index (χ2v) is 7.53. The molecule has 0 bridgehead atoms. The molecule has 1 aromatic carbocycles. The lowest BCUT2D eigenvalue weighted by Gasteiger charge is -2.10. The molecule has 0 spiro atoms. The molecule has 140 valence electrons. The largest absolute Gasteiger partial charge is 0.356 e. The van der Waals surface area contributed by atoms with Gasteiger partial charge in [-0.25, -0.2) is 13.6 Å². The average molecular weight is 370 g/mol. The number of carbonyl (C=O) groups excluding carboxylic acids is 2. The minimum absolute atomic E-state index is 0.0474. The van der Waals surface area contributed by atoms with Crippen molar-refractivity contribution < 1.29 is 18.0 Å². The molecule has 0 aliphatic rings. The molecule has 0 aliphatic heterocycles. The van der Waals surface area contributed by atoms with Crippen LogP contribution in [0.4, 0.5) is 0 Å². The fraction of sp³-hybridized carbons (Fsp3) is 0.500. The second kappa shape index (κ2) is 10.1. The molecule has 1 aromatic rings. The Morgan fingerprint density at radius 3 is 2.12 bits per heavy atom. The maximum absolute atomic E-state index is 11.7. The number of sulfonamides is 1. The van der Waals surface area contributed by atoms with Gasteiger partial charge in [0, 0.05) is 13.1 Å². The SMILES string of the molecule is CN(C)CCCNC(=O)CC(=O)NCCc1ccc(S(N)(=O)=O)cc1. The minimum atomic E-state index is -3.70. The third-order valence-electron chi connectivity index (χ3n) is 3.41. The van der Waals surface area contributed by atoms with Crippen molar-refractivity contribution in [2.45, 2.75) is 24.2 Å². The van der Waals surface area contributed by atoms with Crippen LogP contribution >= 0.6 is 0 Å². The Kier molecular flexibility index (Phi) is 8.53. The van der Waals surface area contributed by atoms with E-state index in [4.69, 9.17) is 5.14 Å². The van der Waals surface area contributed by atoms with Gasteiger partial charge in [0.1, 0.15) is 6.42 Å². The van der Waals surface area contributed by atoms with Gasteiger partial charge in [-0.15, -0.1) is 0 Å². The van der Waals surface area contributed by atoms with E-state index >= 15 is 0 Å². The third-order valence-corrected chi connectivity index (χ3v) is 4.34. The van der Waals surface area contributed by atoms with E-state index in [9.17, 15) is 18.0 Å². The predicted molar refractivity (Wildman–Crippen MR) is 95.3 cm³/mol. The zero-order valence-corrected chi connectivity index (χ0v) is 15.4. The van der Waals surface area contributed by atoms with Crippen molar-refractivity contribution in [3.63, 3.8) is 0 Å². The molecule has 0 heterocycles. The predicted octanol–water partition coefficient (Wildman–Crippen LogP) is -0.549. The summed E-state index contributed by atoms with van der Waals surface area (Å²) in [6, 6.07) is 6.13. The van der Waals surface area contributed by atoms with E-state index in [2.05, 4.69) is 10.6 Å². The van der Waals surface area contributed by atoms with E-state index in [0.717, 1.165) is 18.5 Å². The van der Waals surface area contributed by atoms with Gasteiger partial charge in [0.2, 0.25) is 21.8 Å².